The molecule has 0 saturated carbocycles. The van der Waals surface area contributed by atoms with Crippen molar-refractivity contribution in [1.82, 2.24) is 4.31 Å². The van der Waals surface area contributed by atoms with Crippen LogP contribution in [0.1, 0.15) is 31.4 Å². The summed E-state index contributed by atoms with van der Waals surface area (Å²) in [5, 5.41) is 8.76. The fraction of sp³-hybridized carbons (Fsp3) is 0.467. The average molecular weight is 310 g/mol. The lowest BCUT2D eigenvalue weighted by atomic mass is 10.1. The predicted molar refractivity (Wildman–Crippen MR) is 85.2 cm³/mol. The van der Waals surface area contributed by atoms with E-state index < -0.39 is 10.2 Å². The van der Waals surface area contributed by atoms with Crippen molar-refractivity contribution >= 4 is 15.9 Å². The van der Waals surface area contributed by atoms with Crippen molar-refractivity contribution in [3.05, 3.63) is 29.3 Å². The van der Waals surface area contributed by atoms with Crippen LogP contribution in [0.3, 0.4) is 0 Å². The van der Waals surface area contributed by atoms with E-state index in [1.54, 1.807) is 26.0 Å². The number of anilines is 1. The van der Waals surface area contributed by atoms with Crippen LogP contribution in [0.15, 0.2) is 18.2 Å². The Morgan fingerprint density at radius 2 is 2.05 bits per heavy atom. The normalized spacial score (nSPS) is 11.4. The van der Waals surface area contributed by atoms with E-state index in [9.17, 15) is 8.42 Å². The molecule has 0 unspecified atom stereocenters. The van der Waals surface area contributed by atoms with Crippen LogP contribution >= 0.6 is 0 Å². The molecule has 0 fully saturated rings. The van der Waals surface area contributed by atoms with Crippen LogP contribution in [-0.2, 0) is 10.2 Å². The fourth-order valence-electron chi connectivity index (χ4n) is 1.55. The second kappa shape index (κ2) is 7.46. The fourth-order valence-corrected chi connectivity index (χ4v) is 2.70. The Bertz CT molecular complexity index is 643. The molecule has 0 radical (unpaired) electrons. The van der Waals surface area contributed by atoms with Gasteiger partial charge in [-0.1, -0.05) is 17.9 Å². The summed E-state index contributed by atoms with van der Waals surface area (Å²) < 4.78 is 28.4. The molecule has 0 aliphatic carbocycles. The van der Waals surface area contributed by atoms with Gasteiger partial charge in [0.1, 0.15) is 0 Å². The zero-order valence-electron chi connectivity index (χ0n) is 12.8. The highest BCUT2D eigenvalue weighted by Crippen LogP contribution is 2.19. The monoisotopic (exact) mass is 310 g/mol. The molecule has 0 saturated heterocycles. The number of hydrogen-bond donors (Lipinski definition) is 2. The highest BCUT2D eigenvalue weighted by atomic mass is 32.2. The van der Waals surface area contributed by atoms with E-state index in [0.29, 0.717) is 17.7 Å². The highest BCUT2D eigenvalue weighted by molar-refractivity contribution is 7.90. The summed E-state index contributed by atoms with van der Waals surface area (Å²) in [5.41, 5.74) is 1.98. The smallest absolute Gasteiger partial charge is 0.301 e. The first-order chi connectivity index (χ1) is 9.77. The minimum atomic E-state index is -3.62. The average Bonchev–Trinajstić information content (AvgIpc) is 2.40. The first-order valence-electron chi connectivity index (χ1n) is 6.74. The summed E-state index contributed by atoms with van der Waals surface area (Å²) in [6.07, 6.45) is 0.353. The second-order valence-electron chi connectivity index (χ2n) is 5.04. The zero-order valence-corrected chi connectivity index (χ0v) is 13.7. The molecule has 1 aromatic carbocycles. The summed E-state index contributed by atoms with van der Waals surface area (Å²) in [6.45, 7) is 5.47. The van der Waals surface area contributed by atoms with E-state index in [1.807, 2.05) is 13.0 Å². The Balaban J connectivity index is 3.13. The first-order valence-corrected chi connectivity index (χ1v) is 8.18. The molecule has 0 aliphatic heterocycles. The molecule has 0 aromatic heterocycles. The van der Waals surface area contributed by atoms with E-state index >= 15 is 0 Å². The van der Waals surface area contributed by atoms with Gasteiger partial charge in [-0.15, -0.1) is 0 Å². The van der Waals surface area contributed by atoms with Gasteiger partial charge in [-0.3, -0.25) is 4.72 Å². The number of rotatable bonds is 5. The molecule has 2 N–H and O–H groups in total. The van der Waals surface area contributed by atoms with Gasteiger partial charge in [0.2, 0.25) is 0 Å². The summed E-state index contributed by atoms with van der Waals surface area (Å²) in [7, 11) is -2.09. The Morgan fingerprint density at radius 3 is 2.62 bits per heavy atom. The SMILES string of the molecule is Cc1ccc(C#CCCO)c(NS(=O)(=O)N(C)C(C)C)c1. The van der Waals surface area contributed by atoms with E-state index in [-0.39, 0.29) is 12.6 Å². The van der Waals surface area contributed by atoms with Crippen LogP contribution in [0, 0.1) is 18.8 Å². The summed E-state index contributed by atoms with van der Waals surface area (Å²) in [5.74, 6) is 5.68. The molecule has 0 bridgehead atoms. The lowest BCUT2D eigenvalue weighted by Gasteiger charge is -2.22. The molecule has 21 heavy (non-hydrogen) atoms. The van der Waals surface area contributed by atoms with Gasteiger partial charge >= 0.3 is 10.2 Å². The number of nitrogens with one attached hydrogen (secondary N) is 1. The maximum absolute atomic E-state index is 12.3. The van der Waals surface area contributed by atoms with Crippen molar-refractivity contribution in [3.63, 3.8) is 0 Å². The standard InChI is InChI=1S/C15H22N2O3S/c1-12(2)17(4)21(19,20)16-15-11-13(3)8-9-14(15)7-5-6-10-18/h8-9,11-12,16,18H,6,10H2,1-4H3. The molecule has 0 heterocycles. The third-order valence-corrected chi connectivity index (χ3v) is 4.64. The van der Waals surface area contributed by atoms with Crippen molar-refractivity contribution in [2.75, 3.05) is 18.4 Å². The van der Waals surface area contributed by atoms with Crippen molar-refractivity contribution in [1.29, 1.82) is 0 Å². The molecule has 1 rings (SSSR count). The minimum absolute atomic E-state index is 0.0178. The van der Waals surface area contributed by atoms with Crippen LogP contribution in [0.5, 0.6) is 0 Å². The van der Waals surface area contributed by atoms with Gasteiger partial charge in [0.25, 0.3) is 0 Å². The molecular formula is C15H22N2O3S. The van der Waals surface area contributed by atoms with Gasteiger partial charge in [0.15, 0.2) is 0 Å². The number of hydrogen-bond acceptors (Lipinski definition) is 3. The van der Waals surface area contributed by atoms with Crippen molar-refractivity contribution in [2.24, 2.45) is 0 Å². The van der Waals surface area contributed by atoms with Crippen LogP contribution in [0.25, 0.3) is 0 Å². The Labute approximate surface area is 127 Å². The number of aliphatic hydroxyl groups is 1. The molecular weight excluding hydrogens is 288 g/mol. The zero-order chi connectivity index (χ0) is 16.0. The molecule has 0 amide bonds. The van der Waals surface area contributed by atoms with Crippen molar-refractivity contribution in [2.45, 2.75) is 33.2 Å². The molecule has 0 atom stereocenters. The van der Waals surface area contributed by atoms with Crippen molar-refractivity contribution in [3.8, 4) is 11.8 Å². The van der Waals surface area contributed by atoms with Crippen LogP contribution in [0.4, 0.5) is 5.69 Å². The van der Waals surface area contributed by atoms with E-state index in [1.165, 1.54) is 11.4 Å². The summed E-state index contributed by atoms with van der Waals surface area (Å²) in [4.78, 5) is 0. The summed E-state index contributed by atoms with van der Waals surface area (Å²) in [6, 6.07) is 5.24. The van der Waals surface area contributed by atoms with Crippen LogP contribution in [0.2, 0.25) is 0 Å². The van der Waals surface area contributed by atoms with E-state index in [0.717, 1.165) is 5.56 Å². The Hall–Kier alpha value is -1.55. The van der Waals surface area contributed by atoms with Gasteiger partial charge < -0.3 is 5.11 Å². The minimum Gasteiger partial charge on any atom is -0.395 e. The quantitative estimate of drug-likeness (QED) is 0.814. The number of benzene rings is 1. The van der Waals surface area contributed by atoms with E-state index in [4.69, 9.17) is 5.11 Å². The van der Waals surface area contributed by atoms with Gasteiger partial charge in [-0.25, -0.2) is 0 Å². The third kappa shape index (κ3) is 5.05. The second-order valence-corrected chi connectivity index (χ2v) is 6.77. The van der Waals surface area contributed by atoms with Gasteiger partial charge in [-0.05, 0) is 38.5 Å². The molecule has 6 heteroatoms. The highest BCUT2D eigenvalue weighted by Gasteiger charge is 2.21. The maximum Gasteiger partial charge on any atom is 0.301 e. The number of nitrogens with zero attached hydrogens (tertiary/aromatic N) is 1. The molecule has 5 nitrogen and oxygen atoms in total. The number of aliphatic hydroxyl groups excluding tert-OH is 1. The molecule has 0 aliphatic rings. The first kappa shape index (κ1) is 17.5. The van der Waals surface area contributed by atoms with Gasteiger partial charge in [0, 0.05) is 25.1 Å². The summed E-state index contributed by atoms with van der Waals surface area (Å²) >= 11 is 0. The van der Waals surface area contributed by atoms with Crippen molar-refractivity contribution < 1.29 is 13.5 Å². The Kier molecular flexibility index (Phi) is 6.21. The third-order valence-electron chi connectivity index (χ3n) is 2.98. The topological polar surface area (TPSA) is 69.6 Å². The lowest BCUT2D eigenvalue weighted by Crippen LogP contribution is -2.37. The maximum atomic E-state index is 12.3. The Morgan fingerprint density at radius 1 is 1.38 bits per heavy atom. The molecule has 0 spiro atoms. The van der Waals surface area contributed by atoms with E-state index in [2.05, 4.69) is 16.6 Å². The number of aryl methyl sites for hydroxylation is 1. The van der Waals surface area contributed by atoms with Crippen LogP contribution in [-0.4, -0.2) is 37.5 Å². The largest absolute Gasteiger partial charge is 0.395 e. The van der Waals surface area contributed by atoms with Crippen LogP contribution < -0.4 is 4.72 Å². The van der Waals surface area contributed by atoms with Gasteiger partial charge in [0.05, 0.1) is 12.3 Å². The molecule has 116 valence electrons. The van der Waals surface area contributed by atoms with Gasteiger partial charge in [-0.2, -0.15) is 12.7 Å². The lowest BCUT2D eigenvalue weighted by molar-refractivity contribution is 0.305. The predicted octanol–water partition coefficient (Wildman–Crippen LogP) is 1.73. The molecule has 1 aromatic rings.